The van der Waals surface area contributed by atoms with Crippen molar-refractivity contribution in [1.82, 2.24) is 9.97 Å². The summed E-state index contributed by atoms with van der Waals surface area (Å²) < 4.78 is 15.0. The molecule has 3 rings (SSSR count). The second-order valence-corrected chi connectivity index (χ2v) is 9.88. The fraction of sp³-hybridized carbons (Fsp3) is 0.655. The van der Waals surface area contributed by atoms with E-state index < -0.39 is 0 Å². The number of benzene rings is 1. The molecule has 0 unspecified atom stereocenters. The fourth-order valence-electron chi connectivity index (χ4n) is 5.18. The molecule has 1 aliphatic rings. The second-order valence-electron chi connectivity index (χ2n) is 9.88. The Balaban J connectivity index is 1.49. The molecule has 0 radical (unpaired) electrons. The van der Waals surface area contributed by atoms with Crippen molar-refractivity contribution >= 4 is 0 Å². The molecule has 1 aliphatic carbocycles. The van der Waals surface area contributed by atoms with Gasteiger partial charge in [-0.2, -0.15) is 0 Å². The summed E-state index contributed by atoms with van der Waals surface area (Å²) in [5, 5.41) is 0. The molecule has 1 saturated carbocycles. The zero-order valence-corrected chi connectivity index (χ0v) is 20.4. The maximum atomic E-state index is 15.0. The predicted octanol–water partition coefficient (Wildman–Crippen LogP) is 9.04. The van der Waals surface area contributed by atoms with Gasteiger partial charge in [0.15, 0.2) is 5.82 Å². The maximum absolute atomic E-state index is 15.0. The zero-order chi connectivity index (χ0) is 22.6. The number of hydrogen-bond acceptors (Lipinski definition) is 2. The fourth-order valence-corrected chi connectivity index (χ4v) is 5.18. The van der Waals surface area contributed by atoms with Gasteiger partial charge in [-0.15, -0.1) is 0 Å². The standard InChI is InChI=1S/C29H43FN2/c1-3-5-7-9-11-12-23-14-16-25(17-15-23)27-19-18-26(20-28(27)30)29-31-21-24(22-32-29)13-10-8-6-4-2/h18-23,25H,3-17H2,1-2H3. The van der Waals surface area contributed by atoms with Crippen LogP contribution in [0.5, 0.6) is 0 Å². The molecule has 1 fully saturated rings. The molecule has 0 N–H and O–H groups in total. The van der Waals surface area contributed by atoms with E-state index in [1.54, 1.807) is 6.07 Å². The Hall–Kier alpha value is -1.77. The minimum Gasteiger partial charge on any atom is -0.236 e. The average molecular weight is 439 g/mol. The Morgan fingerprint density at radius 1 is 0.812 bits per heavy atom. The number of halogens is 1. The monoisotopic (exact) mass is 438 g/mol. The quantitative estimate of drug-likeness (QED) is 0.291. The number of rotatable bonds is 13. The van der Waals surface area contributed by atoms with E-state index in [0.29, 0.717) is 11.7 Å². The van der Waals surface area contributed by atoms with Gasteiger partial charge in [0.1, 0.15) is 5.82 Å². The van der Waals surface area contributed by atoms with Crippen LogP contribution in [-0.2, 0) is 6.42 Å². The first-order chi connectivity index (χ1) is 15.7. The van der Waals surface area contributed by atoms with Gasteiger partial charge in [-0.25, -0.2) is 14.4 Å². The number of aromatic nitrogens is 2. The predicted molar refractivity (Wildman–Crippen MR) is 133 cm³/mol. The van der Waals surface area contributed by atoms with Gasteiger partial charge < -0.3 is 0 Å². The molecule has 0 bridgehead atoms. The molecule has 0 atom stereocenters. The normalized spacial score (nSPS) is 18.7. The Morgan fingerprint density at radius 3 is 2.12 bits per heavy atom. The lowest BCUT2D eigenvalue weighted by atomic mass is 9.76. The van der Waals surface area contributed by atoms with Crippen LogP contribution in [0.25, 0.3) is 11.4 Å². The van der Waals surface area contributed by atoms with Gasteiger partial charge in [-0.1, -0.05) is 83.8 Å². The van der Waals surface area contributed by atoms with E-state index in [-0.39, 0.29) is 5.82 Å². The van der Waals surface area contributed by atoms with Crippen molar-refractivity contribution in [3.63, 3.8) is 0 Å². The summed E-state index contributed by atoms with van der Waals surface area (Å²) >= 11 is 0. The third kappa shape index (κ3) is 7.67. The first kappa shape index (κ1) is 24.9. The van der Waals surface area contributed by atoms with Crippen molar-refractivity contribution < 1.29 is 4.39 Å². The molecule has 1 heterocycles. The van der Waals surface area contributed by atoms with Crippen LogP contribution in [0, 0.1) is 11.7 Å². The molecule has 1 aromatic heterocycles. The summed E-state index contributed by atoms with van der Waals surface area (Å²) in [6, 6.07) is 5.64. The number of aryl methyl sites for hydroxylation is 1. The molecule has 0 spiro atoms. The summed E-state index contributed by atoms with van der Waals surface area (Å²) in [5.41, 5.74) is 2.84. The highest BCUT2D eigenvalue weighted by molar-refractivity contribution is 5.55. The van der Waals surface area contributed by atoms with Crippen molar-refractivity contribution in [3.8, 4) is 11.4 Å². The molecule has 32 heavy (non-hydrogen) atoms. The molecular formula is C29H43FN2. The van der Waals surface area contributed by atoms with Crippen LogP contribution in [-0.4, -0.2) is 9.97 Å². The summed E-state index contributed by atoms with van der Waals surface area (Å²) in [6.07, 6.45) is 22.7. The highest BCUT2D eigenvalue weighted by Crippen LogP contribution is 2.39. The summed E-state index contributed by atoms with van der Waals surface area (Å²) in [7, 11) is 0. The summed E-state index contributed by atoms with van der Waals surface area (Å²) in [5.74, 6) is 1.76. The Bertz CT molecular complexity index is 778. The Morgan fingerprint density at radius 2 is 1.47 bits per heavy atom. The van der Waals surface area contributed by atoms with E-state index >= 15 is 4.39 Å². The third-order valence-corrected chi connectivity index (χ3v) is 7.29. The Labute approximate surface area is 195 Å². The molecule has 1 aromatic carbocycles. The first-order valence-electron chi connectivity index (χ1n) is 13.3. The minimum absolute atomic E-state index is 0.0854. The van der Waals surface area contributed by atoms with Crippen molar-refractivity contribution in [2.45, 2.75) is 116 Å². The van der Waals surface area contributed by atoms with Crippen LogP contribution in [0.15, 0.2) is 30.6 Å². The van der Waals surface area contributed by atoms with Gasteiger partial charge >= 0.3 is 0 Å². The van der Waals surface area contributed by atoms with Gasteiger partial charge in [-0.3, -0.25) is 0 Å². The van der Waals surface area contributed by atoms with E-state index in [1.165, 1.54) is 82.6 Å². The maximum Gasteiger partial charge on any atom is 0.159 e. The van der Waals surface area contributed by atoms with E-state index in [2.05, 4.69) is 23.8 Å². The lowest BCUT2D eigenvalue weighted by Crippen LogP contribution is -2.14. The van der Waals surface area contributed by atoms with Crippen LogP contribution in [0.4, 0.5) is 4.39 Å². The van der Waals surface area contributed by atoms with Crippen LogP contribution in [0.2, 0.25) is 0 Å². The van der Waals surface area contributed by atoms with Crippen LogP contribution in [0.1, 0.15) is 121 Å². The van der Waals surface area contributed by atoms with E-state index in [9.17, 15) is 0 Å². The van der Waals surface area contributed by atoms with Gasteiger partial charge in [0, 0.05) is 18.0 Å². The molecular weight excluding hydrogens is 395 g/mol. The lowest BCUT2D eigenvalue weighted by Gasteiger charge is -2.29. The van der Waals surface area contributed by atoms with Crippen molar-refractivity contribution in [2.24, 2.45) is 5.92 Å². The molecule has 176 valence electrons. The highest BCUT2D eigenvalue weighted by atomic mass is 19.1. The lowest BCUT2D eigenvalue weighted by molar-refractivity contribution is 0.298. The number of nitrogens with zero attached hydrogens (tertiary/aromatic N) is 2. The number of hydrogen-bond donors (Lipinski definition) is 0. The molecule has 0 aliphatic heterocycles. The largest absolute Gasteiger partial charge is 0.236 e. The van der Waals surface area contributed by atoms with E-state index in [1.807, 2.05) is 24.5 Å². The minimum atomic E-state index is -0.0854. The Kier molecular flexibility index (Phi) is 10.6. The van der Waals surface area contributed by atoms with E-state index in [4.69, 9.17) is 0 Å². The summed E-state index contributed by atoms with van der Waals surface area (Å²) in [4.78, 5) is 9.02. The average Bonchev–Trinajstić information content (AvgIpc) is 2.83. The van der Waals surface area contributed by atoms with Crippen LogP contribution < -0.4 is 0 Å². The SMILES string of the molecule is CCCCCCCC1CCC(c2ccc(-c3ncc(CCCCCC)cn3)cc2F)CC1. The van der Waals surface area contributed by atoms with Gasteiger partial charge in [0.05, 0.1) is 0 Å². The van der Waals surface area contributed by atoms with Crippen LogP contribution in [0.3, 0.4) is 0 Å². The van der Waals surface area contributed by atoms with Gasteiger partial charge in [-0.05, 0) is 67.6 Å². The topological polar surface area (TPSA) is 25.8 Å². The first-order valence-corrected chi connectivity index (χ1v) is 13.3. The zero-order valence-electron chi connectivity index (χ0n) is 20.4. The van der Waals surface area contributed by atoms with Crippen LogP contribution >= 0.6 is 0 Å². The molecule has 2 aromatic rings. The highest BCUT2D eigenvalue weighted by Gasteiger charge is 2.24. The molecule has 3 heteroatoms. The molecule has 0 amide bonds. The summed E-state index contributed by atoms with van der Waals surface area (Å²) in [6.45, 7) is 4.50. The van der Waals surface area contributed by atoms with Crippen molar-refractivity contribution in [1.29, 1.82) is 0 Å². The van der Waals surface area contributed by atoms with Crippen molar-refractivity contribution in [2.75, 3.05) is 0 Å². The second kappa shape index (κ2) is 13.7. The number of unbranched alkanes of at least 4 members (excludes halogenated alkanes) is 7. The van der Waals surface area contributed by atoms with Crippen molar-refractivity contribution in [3.05, 3.63) is 47.5 Å². The third-order valence-electron chi connectivity index (χ3n) is 7.29. The smallest absolute Gasteiger partial charge is 0.159 e. The molecule has 0 saturated heterocycles. The molecule has 2 nitrogen and oxygen atoms in total. The van der Waals surface area contributed by atoms with Gasteiger partial charge in [0.25, 0.3) is 0 Å². The van der Waals surface area contributed by atoms with Gasteiger partial charge in [0.2, 0.25) is 0 Å². The van der Waals surface area contributed by atoms with E-state index in [0.717, 1.165) is 36.3 Å².